The molecule has 0 unspecified atom stereocenters. The summed E-state index contributed by atoms with van der Waals surface area (Å²) in [7, 11) is 0. The van der Waals surface area contributed by atoms with Crippen LogP contribution in [0.15, 0.2) is 16.7 Å². The zero-order chi connectivity index (χ0) is 10.8. The number of aromatic nitrogens is 1. The van der Waals surface area contributed by atoms with Crippen LogP contribution in [0.25, 0.3) is 0 Å². The van der Waals surface area contributed by atoms with Gasteiger partial charge < -0.3 is 15.2 Å². The Morgan fingerprint density at radius 2 is 2.40 bits per heavy atom. The molecule has 1 aliphatic heterocycles. The first kappa shape index (κ1) is 10.9. The number of hydrogen-bond acceptors (Lipinski definition) is 4. The van der Waals surface area contributed by atoms with Crippen molar-refractivity contribution < 1.29 is 9.84 Å². The highest BCUT2D eigenvalue weighted by Gasteiger charge is 2.26. The Morgan fingerprint density at radius 1 is 1.60 bits per heavy atom. The van der Waals surface area contributed by atoms with Gasteiger partial charge in [0.05, 0.1) is 25.4 Å². The van der Waals surface area contributed by atoms with Gasteiger partial charge in [-0.2, -0.15) is 0 Å². The third kappa shape index (κ3) is 2.48. The van der Waals surface area contributed by atoms with E-state index in [1.807, 2.05) is 13.0 Å². The van der Waals surface area contributed by atoms with E-state index in [1.54, 1.807) is 6.20 Å². The van der Waals surface area contributed by atoms with Gasteiger partial charge in [-0.05, 0) is 34.5 Å². The number of pyridine rings is 1. The van der Waals surface area contributed by atoms with Crippen LogP contribution in [0.1, 0.15) is 5.56 Å². The number of aryl methyl sites for hydroxylation is 1. The molecular formula is C10H13BrN2O2. The van der Waals surface area contributed by atoms with Crippen LogP contribution in [0.2, 0.25) is 0 Å². The Labute approximate surface area is 96.8 Å². The second-order valence-electron chi connectivity index (χ2n) is 3.67. The lowest BCUT2D eigenvalue weighted by atomic mass is 10.2. The topological polar surface area (TPSA) is 54.4 Å². The van der Waals surface area contributed by atoms with Crippen molar-refractivity contribution in [3.05, 3.63) is 22.3 Å². The second kappa shape index (κ2) is 4.47. The highest BCUT2D eigenvalue weighted by atomic mass is 79.9. The van der Waals surface area contributed by atoms with Gasteiger partial charge in [0.25, 0.3) is 0 Å². The van der Waals surface area contributed by atoms with Crippen LogP contribution < -0.4 is 5.32 Å². The Bertz CT molecular complexity index is 359. The number of aliphatic hydroxyl groups excluding tert-OH is 1. The first-order valence-corrected chi connectivity index (χ1v) is 5.60. The molecule has 82 valence electrons. The Kier molecular flexibility index (Phi) is 3.23. The average molecular weight is 273 g/mol. The van der Waals surface area contributed by atoms with Crippen LogP contribution in [0, 0.1) is 6.92 Å². The molecule has 2 N–H and O–H groups in total. The van der Waals surface area contributed by atoms with Crippen LogP contribution in [-0.2, 0) is 4.74 Å². The van der Waals surface area contributed by atoms with Gasteiger partial charge in [0, 0.05) is 10.7 Å². The molecular weight excluding hydrogens is 260 g/mol. The van der Waals surface area contributed by atoms with Gasteiger partial charge in [0.2, 0.25) is 0 Å². The maximum atomic E-state index is 9.57. The zero-order valence-electron chi connectivity index (χ0n) is 8.40. The van der Waals surface area contributed by atoms with Gasteiger partial charge in [0.1, 0.15) is 5.82 Å². The van der Waals surface area contributed by atoms with Gasteiger partial charge in [-0.1, -0.05) is 0 Å². The minimum atomic E-state index is -0.449. The fourth-order valence-corrected chi connectivity index (χ4v) is 1.99. The summed E-state index contributed by atoms with van der Waals surface area (Å²) in [4.78, 5) is 4.25. The van der Waals surface area contributed by atoms with Crippen molar-refractivity contribution in [1.82, 2.24) is 4.98 Å². The Hall–Kier alpha value is -0.650. The van der Waals surface area contributed by atoms with Gasteiger partial charge in [-0.25, -0.2) is 4.98 Å². The third-order valence-corrected chi connectivity index (χ3v) is 2.85. The number of hydrogen-bond donors (Lipinski definition) is 2. The SMILES string of the molecule is Cc1cc(Br)cnc1N[C@@H]1COC[C@H]1O. The Balaban J connectivity index is 2.10. The molecule has 15 heavy (non-hydrogen) atoms. The number of ether oxygens (including phenoxy) is 1. The molecule has 2 atom stereocenters. The van der Waals surface area contributed by atoms with E-state index in [9.17, 15) is 5.11 Å². The standard InChI is InChI=1S/C10H13BrN2O2/c1-6-2-7(11)3-12-10(6)13-8-4-15-5-9(8)14/h2-3,8-9,14H,4-5H2,1H3,(H,12,13)/t8-,9-/m1/s1. The van der Waals surface area contributed by atoms with Crippen molar-refractivity contribution in [2.24, 2.45) is 0 Å². The number of rotatable bonds is 2. The van der Waals surface area contributed by atoms with Gasteiger partial charge >= 0.3 is 0 Å². The van der Waals surface area contributed by atoms with Crippen LogP contribution in [0.3, 0.4) is 0 Å². The van der Waals surface area contributed by atoms with Gasteiger partial charge in [-0.15, -0.1) is 0 Å². The minimum absolute atomic E-state index is 0.0580. The van der Waals surface area contributed by atoms with Gasteiger partial charge in [0.15, 0.2) is 0 Å². The summed E-state index contributed by atoms with van der Waals surface area (Å²) >= 11 is 3.36. The fourth-order valence-electron chi connectivity index (χ4n) is 1.55. The molecule has 5 heteroatoms. The van der Waals surface area contributed by atoms with Crippen molar-refractivity contribution in [2.75, 3.05) is 18.5 Å². The molecule has 1 saturated heterocycles. The first-order chi connectivity index (χ1) is 7.16. The van der Waals surface area contributed by atoms with E-state index < -0.39 is 6.10 Å². The predicted octanol–water partition coefficient (Wildman–Crippen LogP) is 1.32. The monoisotopic (exact) mass is 272 g/mol. The molecule has 1 aliphatic rings. The smallest absolute Gasteiger partial charge is 0.129 e. The van der Waals surface area contributed by atoms with E-state index in [2.05, 4.69) is 26.2 Å². The molecule has 1 fully saturated rings. The molecule has 2 heterocycles. The number of nitrogens with one attached hydrogen (secondary N) is 1. The maximum Gasteiger partial charge on any atom is 0.129 e. The minimum Gasteiger partial charge on any atom is -0.388 e. The molecule has 0 aliphatic carbocycles. The lowest BCUT2D eigenvalue weighted by Crippen LogP contribution is -2.32. The van der Waals surface area contributed by atoms with Crippen LogP contribution in [0.5, 0.6) is 0 Å². The molecule has 4 nitrogen and oxygen atoms in total. The highest BCUT2D eigenvalue weighted by molar-refractivity contribution is 9.10. The summed E-state index contributed by atoms with van der Waals surface area (Å²) in [6.45, 7) is 2.90. The van der Waals surface area contributed by atoms with E-state index >= 15 is 0 Å². The van der Waals surface area contributed by atoms with Crippen LogP contribution in [0.4, 0.5) is 5.82 Å². The number of aliphatic hydroxyl groups is 1. The molecule has 1 aromatic rings. The summed E-state index contributed by atoms with van der Waals surface area (Å²) in [6.07, 6.45) is 1.28. The number of nitrogens with zero attached hydrogens (tertiary/aromatic N) is 1. The first-order valence-electron chi connectivity index (χ1n) is 4.81. The number of halogens is 1. The van der Waals surface area contributed by atoms with E-state index in [0.29, 0.717) is 13.2 Å². The molecule has 0 aromatic carbocycles. The van der Waals surface area contributed by atoms with Crippen molar-refractivity contribution in [3.8, 4) is 0 Å². The summed E-state index contributed by atoms with van der Waals surface area (Å²) in [5.74, 6) is 0.799. The third-order valence-electron chi connectivity index (χ3n) is 2.42. The molecule has 1 aromatic heterocycles. The maximum absolute atomic E-state index is 9.57. The van der Waals surface area contributed by atoms with Crippen LogP contribution in [-0.4, -0.2) is 35.5 Å². The second-order valence-corrected chi connectivity index (χ2v) is 4.59. The fraction of sp³-hybridized carbons (Fsp3) is 0.500. The normalized spacial score (nSPS) is 25.5. The summed E-state index contributed by atoms with van der Waals surface area (Å²) in [6, 6.07) is 1.93. The van der Waals surface area contributed by atoms with E-state index in [1.165, 1.54) is 0 Å². The lowest BCUT2D eigenvalue weighted by Gasteiger charge is -2.16. The largest absolute Gasteiger partial charge is 0.388 e. The van der Waals surface area contributed by atoms with Crippen molar-refractivity contribution in [1.29, 1.82) is 0 Å². The summed E-state index contributed by atoms with van der Waals surface area (Å²) in [5.41, 5.74) is 1.04. The highest BCUT2D eigenvalue weighted by Crippen LogP contribution is 2.19. The van der Waals surface area contributed by atoms with E-state index in [0.717, 1.165) is 15.9 Å². The van der Waals surface area contributed by atoms with Crippen molar-refractivity contribution >= 4 is 21.7 Å². The lowest BCUT2D eigenvalue weighted by molar-refractivity contribution is 0.125. The molecule has 0 saturated carbocycles. The predicted molar refractivity (Wildman–Crippen MR) is 60.9 cm³/mol. The van der Waals surface area contributed by atoms with Gasteiger partial charge in [-0.3, -0.25) is 0 Å². The molecule has 0 spiro atoms. The molecule has 2 rings (SSSR count). The molecule has 0 radical (unpaired) electrons. The summed E-state index contributed by atoms with van der Waals surface area (Å²) < 4.78 is 6.11. The average Bonchev–Trinajstić information content (AvgIpc) is 2.57. The van der Waals surface area contributed by atoms with E-state index in [-0.39, 0.29) is 6.04 Å². The molecule has 0 amide bonds. The van der Waals surface area contributed by atoms with Crippen molar-refractivity contribution in [2.45, 2.75) is 19.1 Å². The summed E-state index contributed by atoms with van der Waals surface area (Å²) in [5, 5.41) is 12.8. The quantitative estimate of drug-likeness (QED) is 0.853. The molecule has 0 bridgehead atoms. The Morgan fingerprint density at radius 3 is 3.00 bits per heavy atom. The van der Waals surface area contributed by atoms with Crippen molar-refractivity contribution in [3.63, 3.8) is 0 Å². The number of anilines is 1. The zero-order valence-corrected chi connectivity index (χ0v) is 9.99. The van der Waals surface area contributed by atoms with E-state index in [4.69, 9.17) is 4.74 Å². The van der Waals surface area contributed by atoms with Crippen LogP contribution >= 0.6 is 15.9 Å².